The third-order valence-corrected chi connectivity index (χ3v) is 1.02. The van der Waals surface area contributed by atoms with E-state index in [4.69, 9.17) is 0 Å². The van der Waals surface area contributed by atoms with E-state index >= 15 is 0 Å². The van der Waals surface area contributed by atoms with Crippen LogP contribution in [0.4, 0.5) is 0 Å². The molecule has 57 valence electrons. The van der Waals surface area contributed by atoms with E-state index in [1.165, 1.54) is 7.11 Å². The molecule has 1 rings (SSSR count). The zero-order valence-corrected chi connectivity index (χ0v) is 5.77. The molecule has 1 heterocycles. The number of esters is 1. The summed E-state index contributed by atoms with van der Waals surface area (Å²) in [6.45, 7) is 0. The van der Waals surface area contributed by atoms with Crippen molar-refractivity contribution in [3.8, 4) is 5.75 Å². The molecule has 0 bridgehead atoms. The van der Waals surface area contributed by atoms with Gasteiger partial charge < -0.3 is 4.74 Å². The molecule has 0 fully saturated rings. The van der Waals surface area contributed by atoms with Gasteiger partial charge in [0.05, 0.1) is 13.3 Å². The van der Waals surface area contributed by atoms with Crippen LogP contribution < -0.4 is 0 Å². The molecule has 0 N–H and O–H groups in total. The van der Waals surface area contributed by atoms with Crippen LogP contribution in [0.5, 0.6) is 5.75 Å². The summed E-state index contributed by atoms with van der Waals surface area (Å²) in [5.41, 5.74) is -0.0694. The van der Waals surface area contributed by atoms with Gasteiger partial charge in [0.25, 0.3) is 0 Å². The Balaban J connectivity index is 2.96. The van der Waals surface area contributed by atoms with Gasteiger partial charge in [-0.05, 0) is 0 Å². The van der Waals surface area contributed by atoms with Gasteiger partial charge in [-0.1, -0.05) is 0 Å². The molecule has 11 heavy (non-hydrogen) atoms. The van der Waals surface area contributed by atoms with E-state index in [9.17, 15) is 9.90 Å². The Morgan fingerprint density at radius 1 is 1.64 bits per heavy atom. The van der Waals surface area contributed by atoms with E-state index in [0.29, 0.717) is 0 Å². The molecule has 0 aliphatic rings. The van der Waals surface area contributed by atoms with Crippen molar-refractivity contribution >= 4 is 5.97 Å². The molecule has 1 aromatic rings. The highest BCUT2D eigenvalue weighted by Gasteiger charge is 2.08. The highest BCUT2D eigenvalue weighted by molar-refractivity contribution is 5.87. The smallest absolute Gasteiger partial charge is 0.358 e. The van der Waals surface area contributed by atoms with Gasteiger partial charge in [-0.25, -0.2) is 4.79 Å². The van der Waals surface area contributed by atoms with E-state index in [1.807, 2.05) is 0 Å². The average Bonchev–Trinajstić information content (AvgIpc) is 2.03. The fourth-order valence-electron chi connectivity index (χ4n) is 0.553. The zero-order chi connectivity index (χ0) is 8.27. The number of methoxy groups -OCH3 is 1. The second-order valence-corrected chi connectivity index (χ2v) is 1.77. The minimum absolute atomic E-state index is 0.0694. The first-order valence-electron chi connectivity index (χ1n) is 2.82. The van der Waals surface area contributed by atoms with Crippen molar-refractivity contribution in [1.29, 1.82) is 0 Å². The molecule has 1 radical (unpaired) electrons. The van der Waals surface area contributed by atoms with Crippen LogP contribution in [-0.4, -0.2) is 23.3 Å². The molecule has 0 spiro atoms. The Bertz CT molecular complexity index is 274. The van der Waals surface area contributed by atoms with Gasteiger partial charge in [-0.3, -0.25) is 5.11 Å². The lowest BCUT2D eigenvalue weighted by molar-refractivity contribution is 0.0591. The van der Waals surface area contributed by atoms with Crippen molar-refractivity contribution in [3.63, 3.8) is 0 Å². The summed E-state index contributed by atoms with van der Waals surface area (Å²) in [4.78, 5) is 10.7. The Hall–Kier alpha value is -1.65. The maximum absolute atomic E-state index is 10.7. The minimum atomic E-state index is -0.657. The number of nitrogens with zero attached hydrogens (tertiary/aromatic N) is 2. The number of hydrogen-bond donors (Lipinski definition) is 0. The summed E-state index contributed by atoms with van der Waals surface area (Å²) in [6, 6.07) is 1.07. The minimum Gasteiger partial charge on any atom is -0.464 e. The summed E-state index contributed by atoms with van der Waals surface area (Å²) >= 11 is 0. The maximum atomic E-state index is 10.7. The largest absolute Gasteiger partial charge is 0.464 e. The van der Waals surface area contributed by atoms with Crippen molar-refractivity contribution in [1.82, 2.24) is 10.2 Å². The molecule has 5 heteroatoms. The molecule has 1 aromatic heterocycles. The van der Waals surface area contributed by atoms with E-state index in [-0.39, 0.29) is 11.4 Å². The highest BCUT2D eigenvalue weighted by atomic mass is 16.5. The predicted octanol–water partition coefficient (Wildman–Crippen LogP) is 0.407. The third kappa shape index (κ3) is 1.64. The quantitative estimate of drug-likeness (QED) is 0.547. The van der Waals surface area contributed by atoms with Crippen LogP contribution in [-0.2, 0) is 9.84 Å². The molecule has 0 unspecified atom stereocenters. The molecule has 0 saturated carbocycles. The van der Waals surface area contributed by atoms with Crippen LogP contribution in [0.2, 0.25) is 0 Å². The van der Waals surface area contributed by atoms with Crippen LogP contribution in [0, 0.1) is 0 Å². The Morgan fingerprint density at radius 2 is 2.36 bits per heavy atom. The van der Waals surface area contributed by atoms with Gasteiger partial charge in [0, 0.05) is 6.07 Å². The number of carbonyl (C=O) groups excluding carboxylic acids is 1. The first-order chi connectivity index (χ1) is 5.24. The standard InChI is InChI=1S/C6H5N2O3/c1-11-6(10)5-2-4(9)3-7-8-5/h2-3H,1H3. The van der Waals surface area contributed by atoms with Crippen molar-refractivity contribution in [2.24, 2.45) is 0 Å². The molecule has 5 nitrogen and oxygen atoms in total. The van der Waals surface area contributed by atoms with Crippen LogP contribution in [0.25, 0.3) is 0 Å². The zero-order valence-electron chi connectivity index (χ0n) is 5.77. The van der Waals surface area contributed by atoms with Gasteiger partial charge in [0.2, 0.25) is 5.75 Å². The number of hydrogen-bond acceptors (Lipinski definition) is 4. The molecular weight excluding hydrogens is 148 g/mol. The van der Waals surface area contributed by atoms with Gasteiger partial charge in [0.15, 0.2) is 5.69 Å². The first-order valence-corrected chi connectivity index (χ1v) is 2.82. The van der Waals surface area contributed by atoms with Gasteiger partial charge in [-0.15, -0.1) is 5.10 Å². The van der Waals surface area contributed by atoms with Crippen molar-refractivity contribution in [2.45, 2.75) is 0 Å². The number of rotatable bonds is 1. The second kappa shape index (κ2) is 2.96. The summed E-state index contributed by atoms with van der Waals surface area (Å²) in [7, 11) is 1.21. The summed E-state index contributed by atoms with van der Waals surface area (Å²) in [5, 5.41) is 17.3. The lowest BCUT2D eigenvalue weighted by Crippen LogP contribution is -2.04. The summed E-state index contributed by atoms with van der Waals surface area (Å²) in [6.07, 6.45) is 1.02. The average molecular weight is 153 g/mol. The molecular formula is C6H5N2O3. The monoisotopic (exact) mass is 153 g/mol. The van der Waals surface area contributed by atoms with E-state index in [2.05, 4.69) is 14.9 Å². The molecule has 0 aliphatic carbocycles. The molecule has 0 amide bonds. The number of aromatic nitrogens is 2. The van der Waals surface area contributed by atoms with Gasteiger partial charge in [0.1, 0.15) is 0 Å². The fraction of sp³-hybridized carbons (Fsp3) is 0.167. The van der Waals surface area contributed by atoms with Gasteiger partial charge >= 0.3 is 5.97 Å². The second-order valence-electron chi connectivity index (χ2n) is 1.77. The maximum Gasteiger partial charge on any atom is 0.358 e. The SMILES string of the molecule is COC(=O)c1cc([O])cnn1. The molecule has 0 aliphatic heterocycles. The van der Waals surface area contributed by atoms with Gasteiger partial charge in [-0.2, -0.15) is 5.10 Å². The van der Waals surface area contributed by atoms with E-state index < -0.39 is 5.97 Å². The Kier molecular flexibility index (Phi) is 2.00. The fourth-order valence-corrected chi connectivity index (χ4v) is 0.553. The molecule has 0 atom stereocenters. The predicted molar refractivity (Wildman–Crippen MR) is 33.5 cm³/mol. The lowest BCUT2D eigenvalue weighted by atomic mass is 10.4. The van der Waals surface area contributed by atoms with Crippen LogP contribution >= 0.6 is 0 Å². The number of ether oxygens (including phenoxy) is 1. The number of carbonyl (C=O) groups is 1. The third-order valence-electron chi connectivity index (χ3n) is 1.02. The Morgan fingerprint density at radius 3 is 2.91 bits per heavy atom. The van der Waals surface area contributed by atoms with Crippen LogP contribution in [0.15, 0.2) is 12.3 Å². The molecule has 0 saturated heterocycles. The highest BCUT2D eigenvalue weighted by Crippen LogP contribution is 2.07. The van der Waals surface area contributed by atoms with Crippen LogP contribution in [0.3, 0.4) is 0 Å². The van der Waals surface area contributed by atoms with Crippen molar-refractivity contribution in [2.75, 3.05) is 7.11 Å². The normalized spacial score (nSPS) is 9.18. The Labute approximate surface area is 62.6 Å². The lowest BCUT2D eigenvalue weighted by Gasteiger charge is -1.94. The summed E-state index contributed by atoms with van der Waals surface area (Å²) in [5.74, 6) is -1.02. The topological polar surface area (TPSA) is 72.0 Å². The first kappa shape index (κ1) is 7.46. The van der Waals surface area contributed by atoms with Crippen molar-refractivity contribution < 1.29 is 14.6 Å². The summed E-state index contributed by atoms with van der Waals surface area (Å²) < 4.78 is 4.31. The molecule has 0 aromatic carbocycles. The van der Waals surface area contributed by atoms with Crippen LogP contribution in [0.1, 0.15) is 10.5 Å². The van der Waals surface area contributed by atoms with E-state index in [1.54, 1.807) is 0 Å². The van der Waals surface area contributed by atoms with E-state index in [0.717, 1.165) is 12.3 Å². The van der Waals surface area contributed by atoms with Crippen molar-refractivity contribution in [3.05, 3.63) is 18.0 Å².